The lowest BCUT2D eigenvalue weighted by Gasteiger charge is -2.30. The first kappa shape index (κ1) is 53.8. The first-order chi connectivity index (χ1) is 28.4. The summed E-state index contributed by atoms with van der Waals surface area (Å²) in [6.45, 7) is 12.1. The predicted molar refractivity (Wildman–Crippen MR) is 230 cm³/mol. The molecule has 0 saturated carbocycles. The lowest BCUT2D eigenvalue weighted by Crippen LogP contribution is -2.50. The number of para-hydroxylation sites is 1. The van der Waals surface area contributed by atoms with Crippen molar-refractivity contribution in [2.75, 3.05) is 46.2 Å². The third kappa shape index (κ3) is 21.8. The number of hydrogen-bond donors (Lipinski definition) is 5. The number of rotatable bonds is 24. The smallest absolute Gasteiger partial charge is 0.404 e. The molecule has 0 aliphatic carbocycles. The molecule has 0 aliphatic rings. The highest BCUT2D eigenvalue weighted by Crippen LogP contribution is 2.42. The molecule has 1 heterocycles. The molecule has 1 aromatic heterocycles. The molecular weight excluding hydrogens is 818 g/mol. The van der Waals surface area contributed by atoms with E-state index >= 15 is 0 Å². The van der Waals surface area contributed by atoms with Crippen molar-refractivity contribution in [3.8, 4) is 17.4 Å². The minimum absolute atomic E-state index is 0.00436. The highest BCUT2D eigenvalue weighted by atomic mass is 32.2. The van der Waals surface area contributed by atoms with Crippen molar-refractivity contribution >= 4 is 29.7 Å². The molecule has 0 bridgehead atoms. The number of hydrogen-bond acceptors (Lipinski definition) is 12. The number of methoxy groups -OCH3 is 1. The molecule has 2 aromatic carbocycles. The van der Waals surface area contributed by atoms with Gasteiger partial charge in [0.05, 0.1) is 36.9 Å². The van der Waals surface area contributed by atoms with E-state index in [1.54, 1.807) is 50.2 Å². The monoisotopic (exact) mass is 883 g/mol. The summed E-state index contributed by atoms with van der Waals surface area (Å²) in [4.78, 5) is 36.0. The third-order valence-corrected chi connectivity index (χ3v) is 11.8. The summed E-state index contributed by atoms with van der Waals surface area (Å²) in [6.07, 6.45) is 3.54. The van der Waals surface area contributed by atoms with Crippen LogP contribution in [-0.4, -0.2) is 108 Å². The fraction of sp³-hybridized carbons (Fsp3) is 0.548. The average molecular weight is 884 g/mol. The maximum Gasteiger partial charge on any atom is 0.404 e. The Morgan fingerprint density at radius 3 is 2.08 bits per heavy atom. The van der Waals surface area contributed by atoms with E-state index in [0.29, 0.717) is 30.9 Å². The van der Waals surface area contributed by atoms with E-state index in [1.807, 2.05) is 13.8 Å². The van der Waals surface area contributed by atoms with Gasteiger partial charge in [0, 0.05) is 38.4 Å². The number of carbonyl (C=O) groups is 2. The number of aliphatic hydroxyl groups is 2. The second-order valence-corrected chi connectivity index (χ2v) is 17.9. The zero-order valence-corrected chi connectivity index (χ0v) is 37.6. The summed E-state index contributed by atoms with van der Waals surface area (Å²) < 4.78 is 60.6. The van der Waals surface area contributed by atoms with Gasteiger partial charge in [0.15, 0.2) is 0 Å². The van der Waals surface area contributed by atoms with Crippen molar-refractivity contribution in [1.29, 1.82) is 0 Å². The van der Waals surface area contributed by atoms with Gasteiger partial charge in [-0.2, -0.15) is 4.31 Å². The SMILES string of the molecule is CCC[C@@H](CC)CCO.CCOC(=O)CC.COc1ccc(S(=O)(=O)N(CC(C)C)C[C@@H](O)[C@H](Cc2ccc(OCCP(=O)(O)Oc3ccccc3)nc2)NC(=O)O)cc1. The van der Waals surface area contributed by atoms with Crippen LogP contribution in [0, 0.1) is 11.8 Å². The average Bonchev–Trinajstić information content (AvgIpc) is 3.21. The maximum atomic E-state index is 13.5. The van der Waals surface area contributed by atoms with Crippen molar-refractivity contribution in [1.82, 2.24) is 14.6 Å². The number of nitrogens with one attached hydrogen (secondary N) is 1. The zero-order valence-electron chi connectivity index (χ0n) is 35.9. The minimum atomic E-state index is -4.03. The largest absolute Gasteiger partial charge is 0.497 e. The fourth-order valence-corrected chi connectivity index (χ4v) is 8.07. The van der Waals surface area contributed by atoms with E-state index in [-0.39, 0.29) is 60.7 Å². The molecule has 1 amide bonds. The number of carbonyl (C=O) groups excluding carboxylic acids is 1. The molecule has 4 atom stereocenters. The number of benzene rings is 2. The van der Waals surface area contributed by atoms with Gasteiger partial charge in [0.2, 0.25) is 15.9 Å². The Morgan fingerprint density at radius 1 is 0.933 bits per heavy atom. The molecule has 3 rings (SSSR count). The zero-order chi connectivity index (χ0) is 45.1. The van der Waals surface area contributed by atoms with Gasteiger partial charge in [-0.3, -0.25) is 4.79 Å². The minimum Gasteiger partial charge on any atom is -0.497 e. The number of aromatic nitrogens is 1. The predicted octanol–water partition coefficient (Wildman–Crippen LogP) is 6.77. The molecule has 5 N–H and O–H groups in total. The van der Waals surface area contributed by atoms with E-state index in [9.17, 15) is 37.7 Å². The summed E-state index contributed by atoms with van der Waals surface area (Å²) in [5.74, 6) is 1.47. The van der Waals surface area contributed by atoms with Crippen molar-refractivity contribution in [2.45, 2.75) is 97.1 Å². The van der Waals surface area contributed by atoms with Crippen molar-refractivity contribution < 1.29 is 61.5 Å². The van der Waals surface area contributed by atoms with Crippen LogP contribution in [-0.2, 0) is 30.5 Å². The van der Waals surface area contributed by atoms with Gasteiger partial charge in [-0.15, -0.1) is 0 Å². The molecule has 1 unspecified atom stereocenters. The quantitative estimate of drug-likeness (QED) is 0.0462. The summed E-state index contributed by atoms with van der Waals surface area (Å²) in [5.41, 5.74) is 0.531. The van der Waals surface area contributed by atoms with Crippen LogP contribution < -0.4 is 19.3 Å². The van der Waals surface area contributed by atoms with Crippen LogP contribution in [0.5, 0.6) is 17.4 Å². The Balaban J connectivity index is 0.000000944. The summed E-state index contributed by atoms with van der Waals surface area (Å²) in [5, 5.41) is 31.4. The number of esters is 1. The number of aliphatic hydroxyl groups excluding tert-OH is 2. The first-order valence-electron chi connectivity index (χ1n) is 20.2. The third-order valence-electron chi connectivity index (χ3n) is 8.70. The van der Waals surface area contributed by atoms with E-state index in [1.165, 1.54) is 62.9 Å². The fourth-order valence-electron chi connectivity index (χ4n) is 5.59. The van der Waals surface area contributed by atoms with Crippen LogP contribution in [0.2, 0.25) is 0 Å². The summed E-state index contributed by atoms with van der Waals surface area (Å²) >= 11 is 0. The highest BCUT2D eigenvalue weighted by molar-refractivity contribution is 7.89. The van der Waals surface area contributed by atoms with Gasteiger partial charge in [0.1, 0.15) is 18.1 Å². The van der Waals surface area contributed by atoms with Crippen LogP contribution in [0.15, 0.2) is 77.8 Å². The first-order valence-corrected chi connectivity index (χ1v) is 23.4. The van der Waals surface area contributed by atoms with Gasteiger partial charge in [-0.25, -0.2) is 22.8 Å². The lowest BCUT2D eigenvalue weighted by molar-refractivity contribution is -0.142. The molecule has 0 saturated heterocycles. The number of sulfonamides is 1. The van der Waals surface area contributed by atoms with Gasteiger partial charge in [-0.05, 0) is 73.6 Å². The van der Waals surface area contributed by atoms with Crippen LogP contribution in [0.3, 0.4) is 0 Å². The Morgan fingerprint density at radius 2 is 1.60 bits per heavy atom. The van der Waals surface area contributed by atoms with E-state index < -0.39 is 35.9 Å². The van der Waals surface area contributed by atoms with Crippen LogP contribution >= 0.6 is 7.60 Å². The number of nitrogens with zero attached hydrogens (tertiary/aromatic N) is 2. The number of ether oxygens (including phenoxy) is 3. The van der Waals surface area contributed by atoms with E-state index in [0.717, 1.165) is 16.6 Å². The van der Waals surface area contributed by atoms with Crippen molar-refractivity contribution in [3.05, 3.63) is 78.5 Å². The maximum absolute atomic E-state index is 13.5. The molecule has 16 nitrogen and oxygen atoms in total. The van der Waals surface area contributed by atoms with Gasteiger partial charge < -0.3 is 44.3 Å². The second kappa shape index (κ2) is 29.1. The van der Waals surface area contributed by atoms with Crippen LogP contribution in [0.1, 0.15) is 79.2 Å². The molecule has 0 fully saturated rings. The number of pyridine rings is 1. The standard InChI is InChI=1S/C29H38N3O10PS.C8H18O.C5H10O2/c1-21(2)19-32(44(38,39)25-12-10-23(40-3)11-13-25)20-27(33)26(31-29(34)35)17-22-9-14-28(30-18-22)41-15-16-43(36,37)42-24-7-5-4-6-8-24;1-3-5-8(4-2)6-7-9;1-3-5(6)7-4-2/h4-14,18,21,26-27,31,33H,15-17,19-20H2,1-3H3,(H,34,35)(H,36,37);8-9H,3-7H2,1-2H3;3-4H2,1-2H3/t26-,27+;8-;/m01./s1. The molecule has 18 heteroatoms. The molecule has 0 aliphatic heterocycles. The second-order valence-electron chi connectivity index (χ2n) is 14.1. The van der Waals surface area contributed by atoms with Crippen LogP contribution in [0.4, 0.5) is 4.79 Å². The van der Waals surface area contributed by atoms with E-state index in [4.69, 9.17) is 19.1 Å². The van der Waals surface area contributed by atoms with Crippen LogP contribution in [0.25, 0.3) is 0 Å². The molecule has 0 spiro atoms. The van der Waals surface area contributed by atoms with Gasteiger partial charge in [0.25, 0.3) is 0 Å². The van der Waals surface area contributed by atoms with Gasteiger partial charge >= 0.3 is 19.7 Å². The number of carboxylic acid groups (broad SMARTS) is 1. The topological polar surface area (TPSA) is 231 Å². The normalized spacial score (nSPS) is 13.6. The Labute approximate surface area is 355 Å². The highest BCUT2D eigenvalue weighted by Gasteiger charge is 2.31. The summed E-state index contributed by atoms with van der Waals surface area (Å²) in [7, 11) is -6.52. The van der Waals surface area contributed by atoms with Gasteiger partial charge in [-0.1, -0.05) is 78.1 Å². The summed E-state index contributed by atoms with van der Waals surface area (Å²) in [6, 6.07) is 16.1. The molecular formula is C42H66N3O13PS. The molecule has 0 radical (unpaired) electrons. The van der Waals surface area contributed by atoms with Crippen molar-refractivity contribution in [2.24, 2.45) is 11.8 Å². The Bertz CT molecular complexity index is 1780. The lowest BCUT2D eigenvalue weighted by atomic mass is 9.98. The molecule has 338 valence electrons. The Kier molecular flexibility index (Phi) is 26.1. The van der Waals surface area contributed by atoms with Crippen molar-refractivity contribution in [3.63, 3.8) is 0 Å². The molecule has 3 aromatic rings. The van der Waals surface area contributed by atoms with E-state index in [2.05, 4.69) is 28.9 Å². The Hall–Kier alpha value is -4.25. The number of amides is 1. The molecule has 60 heavy (non-hydrogen) atoms.